The molecule has 1 rings (SSSR count). The van der Waals surface area contributed by atoms with E-state index in [9.17, 15) is 0 Å². The van der Waals surface area contributed by atoms with Crippen LogP contribution in [0, 0.1) is 24.2 Å². The van der Waals surface area contributed by atoms with Gasteiger partial charge in [0.05, 0.1) is 11.6 Å². The standard InChI is InChI=1S/C12H12N/c1-4-9(2)12-7-11(8-13)6-5-10(12)3/h4-7H,1H2,2-3H3. The highest BCUT2D eigenvalue weighted by Gasteiger charge is 2.05. The third-order valence-electron chi connectivity index (χ3n) is 2.10. The van der Waals surface area contributed by atoms with Crippen molar-refractivity contribution in [1.82, 2.24) is 0 Å². The van der Waals surface area contributed by atoms with Crippen molar-refractivity contribution in [2.45, 2.75) is 13.8 Å². The summed E-state index contributed by atoms with van der Waals surface area (Å²) in [6, 6.07) is 7.81. The van der Waals surface area contributed by atoms with Crippen molar-refractivity contribution >= 4 is 0 Å². The minimum Gasteiger partial charge on any atom is -0.192 e. The smallest absolute Gasteiger partial charge is 0.0991 e. The van der Waals surface area contributed by atoms with E-state index in [0.717, 1.165) is 11.5 Å². The molecule has 0 saturated carbocycles. The van der Waals surface area contributed by atoms with Crippen LogP contribution in [0.5, 0.6) is 0 Å². The highest BCUT2D eigenvalue weighted by molar-refractivity contribution is 5.46. The van der Waals surface area contributed by atoms with Gasteiger partial charge in [-0.2, -0.15) is 5.26 Å². The van der Waals surface area contributed by atoms with Crippen LogP contribution in [0.25, 0.3) is 0 Å². The van der Waals surface area contributed by atoms with Crippen molar-refractivity contribution in [3.8, 4) is 6.07 Å². The van der Waals surface area contributed by atoms with Gasteiger partial charge in [-0.15, -0.1) is 6.58 Å². The Balaban J connectivity index is 3.20. The second-order valence-corrected chi connectivity index (χ2v) is 3.03. The lowest BCUT2D eigenvalue weighted by Gasteiger charge is -2.09. The molecule has 0 saturated heterocycles. The first-order chi connectivity index (χ1) is 6.19. The number of aryl methyl sites for hydroxylation is 1. The molecule has 0 fully saturated rings. The zero-order valence-corrected chi connectivity index (χ0v) is 7.96. The van der Waals surface area contributed by atoms with Crippen molar-refractivity contribution in [3.05, 3.63) is 53.5 Å². The van der Waals surface area contributed by atoms with Crippen LogP contribution in [0.1, 0.15) is 23.6 Å². The third kappa shape index (κ3) is 1.97. The minimum atomic E-state index is 0.696. The predicted octanol–water partition coefficient (Wildman–Crippen LogP) is 3.00. The van der Waals surface area contributed by atoms with Crippen LogP contribution in [0.4, 0.5) is 0 Å². The Kier molecular flexibility index (Phi) is 2.87. The molecule has 0 aliphatic heterocycles. The molecule has 1 aromatic carbocycles. The lowest BCUT2D eigenvalue weighted by Crippen LogP contribution is -1.94. The maximum atomic E-state index is 8.72. The summed E-state index contributed by atoms with van der Waals surface area (Å²) in [4.78, 5) is 0. The van der Waals surface area contributed by atoms with Crippen molar-refractivity contribution in [3.63, 3.8) is 0 Å². The Labute approximate surface area is 79.3 Å². The van der Waals surface area contributed by atoms with E-state index in [0.29, 0.717) is 5.56 Å². The molecule has 0 amide bonds. The number of nitriles is 1. The zero-order valence-electron chi connectivity index (χ0n) is 7.96. The number of rotatable bonds is 2. The van der Waals surface area contributed by atoms with E-state index in [2.05, 4.69) is 12.6 Å². The van der Waals surface area contributed by atoms with Gasteiger partial charge in [-0.3, -0.25) is 0 Å². The van der Waals surface area contributed by atoms with E-state index in [-0.39, 0.29) is 0 Å². The van der Waals surface area contributed by atoms with Gasteiger partial charge in [0.1, 0.15) is 0 Å². The van der Waals surface area contributed by atoms with Gasteiger partial charge < -0.3 is 0 Å². The molecule has 13 heavy (non-hydrogen) atoms. The lowest BCUT2D eigenvalue weighted by atomic mass is 9.95. The molecule has 1 aromatic rings. The van der Waals surface area contributed by atoms with Gasteiger partial charge in [-0.1, -0.05) is 19.1 Å². The molecular weight excluding hydrogens is 158 g/mol. The Hall–Kier alpha value is -1.55. The molecule has 0 spiro atoms. The summed E-state index contributed by atoms with van der Waals surface area (Å²) in [5.41, 5.74) is 2.98. The molecule has 1 heteroatoms. The summed E-state index contributed by atoms with van der Waals surface area (Å²) in [7, 11) is 0. The van der Waals surface area contributed by atoms with E-state index in [1.807, 2.05) is 38.1 Å². The molecule has 1 nitrogen and oxygen atoms in total. The quantitative estimate of drug-likeness (QED) is 0.669. The van der Waals surface area contributed by atoms with Crippen molar-refractivity contribution in [1.29, 1.82) is 5.26 Å². The van der Waals surface area contributed by atoms with Gasteiger partial charge in [-0.25, -0.2) is 0 Å². The fourth-order valence-electron chi connectivity index (χ4n) is 1.23. The Morgan fingerprint density at radius 2 is 2.23 bits per heavy atom. The summed E-state index contributed by atoms with van der Waals surface area (Å²) in [5, 5.41) is 8.72. The summed E-state index contributed by atoms with van der Waals surface area (Å²) in [6.07, 6.45) is 1.81. The lowest BCUT2D eigenvalue weighted by molar-refractivity contribution is 1.21. The van der Waals surface area contributed by atoms with Gasteiger partial charge in [0.15, 0.2) is 0 Å². The maximum Gasteiger partial charge on any atom is 0.0991 e. The molecule has 65 valence electrons. The van der Waals surface area contributed by atoms with E-state index < -0.39 is 0 Å². The van der Waals surface area contributed by atoms with Crippen LogP contribution < -0.4 is 0 Å². The van der Waals surface area contributed by atoms with Crippen LogP contribution in [-0.4, -0.2) is 0 Å². The van der Waals surface area contributed by atoms with Gasteiger partial charge in [0.25, 0.3) is 0 Å². The van der Waals surface area contributed by atoms with Crippen molar-refractivity contribution in [2.24, 2.45) is 0 Å². The third-order valence-corrected chi connectivity index (χ3v) is 2.10. The molecule has 0 aliphatic rings. The van der Waals surface area contributed by atoms with Gasteiger partial charge in [-0.05, 0) is 30.2 Å². The van der Waals surface area contributed by atoms with Crippen LogP contribution in [0.15, 0.2) is 30.9 Å². The van der Waals surface area contributed by atoms with E-state index in [4.69, 9.17) is 5.26 Å². The van der Waals surface area contributed by atoms with Gasteiger partial charge in [0, 0.05) is 5.92 Å². The van der Waals surface area contributed by atoms with E-state index in [1.54, 1.807) is 0 Å². The van der Waals surface area contributed by atoms with Crippen LogP contribution in [0.3, 0.4) is 0 Å². The fraction of sp³-hybridized carbons (Fsp3) is 0.167. The van der Waals surface area contributed by atoms with Gasteiger partial charge in [0.2, 0.25) is 0 Å². The molecule has 0 bridgehead atoms. The molecule has 0 aliphatic carbocycles. The van der Waals surface area contributed by atoms with Crippen molar-refractivity contribution < 1.29 is 0 Å². The first-order valence-electron chi connectivity index (χ1n) is 4.16. The zero-order chi connectivity index (χ0) is 9.84. The highest BCUT2D eigenvalue weighted by atomic mass is 14.2. The highest BCUT2D eigenvalue weighted by Crippen LogP contribution is 2.20. The molecule has 0 atom stereocenters. The summed E-state index contributed by atoms with van der Waals surface area (Å²) in [6.45, 7) is 7.74. The normalized spacial score (nSPS) is 9.69. The first kappa shape index (κ1) is 9.54. The second kappa shape index (κ2) is 3.91. The molecule has 0 heterocycles. The maximum absolute atomic E-state index is 8.72. The van der Waals surface area contributed by atoms with E-state index >= 15 is 0 Å². The summed E-state index contributed by atoms with van der Waals surface area (Å²) >= 11 is 0. The van der Waals surface area contributed by atoms with Crippen LogP contribution in [-0.2, 0) is 0 Å². The average molecular weight is 170 g/mol. The SMILES string of the molecule is C=C[C](C)c1cc(C#N)ccc1C. The number of benzene rings is 1. The number of nitrogens with zero attached hydrogens (tertiary/aromatic N) is 1. The Morgan fingerprint density at radius 1 is 1.54 bits per heavy atom. The summed E-state index contributed by atoms with van der Waals surface area (Å²) < 4.78 is 0. The average Bonchev–Trinajstić information content (AvgIpc) is 2.17. The molecule has 0 aromatic heterocycles. The largest absolute Gasteiger partial charge is 0.192 e. The Bertz CT molecular complexity index is 358. The molecule has 1 radical (unpaired) electrons. The number of allylic oxidation sites excluding steroid dienone is 1. The fourth-order valence-corrected chi connectivity index (χ4v) is 1.23. The number of hydrogen-bond acceptors (Lipinski definition) is 1. The minimum absolute atomic E-state index is 0.696. The topological polar surface area (TPSA) is 23.8 Å². The molecular formula is C12H12N. The summed E-state index contributed by atoms with van der Waals surface area (Å²) in [5.74, 6) is 1.11. The predicted molar refractivity (Wildman–Crippen MR) is 54.1 cm³/mol. The first-order valence-corrected chi connectivity index (χ1v) is 4.16. The van der Waals surface area contributed by atoms with E-state index in [1.165, 1.54) is 5.56 Å². The van der Waals surface area contributed by atoms with Crippen LogP contribution in [0.2, 0.25) is 0 Å². The Morgan fingerprint density at radius 3 is 2.77 bits per heavy atom. The monoisotopic (exact) mass is 170 g/mol. The molecule has 0 N–H and O–H groups in total. The van der Waals surface area contributed by atoms with Crippen LogP contribution >= 0.6 is 0 Å². The molecule has 0 unspecified atom stereocenters. The van der Waals surface area contributed by atoms with Crippen molar-refractivity contribution in [2.75, 3.05) is 0 Å². The second-order valence-electron chi connectivity index (χ2n) is 3.03. The van der Waals surface area contributed by atoms with Gasteiger partial charge >= 0.3 is 0 Å². The number of hydrogen-bond donors (Lipinski definition) is 0.